The molecule has 0 saturated carbocycles. The van der Waals surface area contributed by atoms with Crippen LogP contribution in [-0.4, -0.2) is 29.3 Å². The van der Waals surface area contributed by atoms with Gasteiger partial charge in [0.05, 0.1) is 12.8 Å². The summed E-state index contributed by atoms with van der Waals surface area (Å²) >= 11 is 0. The van der Waals surface area contributed by atoms with E-state index in [0.29, 0.717) is 0 Å². The summed E-state index contributed by atoms with van der Waals surface area (Å²) in [6, 6.07) is 0. The van der Waals surface area contributed by atoms with Crippen molar-refractivity contribution < 1.29 is 29.0 Å². The fourth-order valence-corrected chi connectivity index (χ4v) is 0.728. The molecule has 0 fully saturated rings. The van der Waals surface area contributed by atoms with E-state index in [1.54, 1.807) is 0 Å². The van der Waals surface area contributed by atoms with E-state index >= 15 is 0 Å². The van der Waals surface area contributed by atoms with Crippen molar-refractivity contribution in [2.75, 3.05) is 0 Å². The molecule has 0 aromatic rings. The zero-order valence-electron chi connectivity index (χ0n) is 9.19. The third-order valence-corrected chi connectivity index (χ3v) is 1.46. The molecule has 0 heterocycles. The molecule has 16 heavy (non-hydrogen) atoms. The molecule has 0 aromatic heterocycles. The van der Waals surface area contributed by atoms with E-state index in [-0.39, 0.29) is 18.4 Å². The van der Waals surface area contributed by atoms with Crippen LogP contribution in [0.5, 0.6) is 0 Å². The van der Waals surface area contributed by atoms with Crippen molar-refractivity contribution in [3.05, 3.63) is 12.2 Å². The van der Waals surface area contributed by atoms with Gasteiger partial charge in [-0.3, -0.25) is 9.59 Å². The van der Waals surface area contributed by atoms with Gasteiger partial charge in [-0.25, -0.2) is 4.79 Å². The summed E-state index contributed by atoms with van der Waals surface area (Å²) in [5.41, 5.74) is 0.188. The minimum atomic E-state index is -1.09. The Morgan fingerprint density at radius 3 is 2.25 bits per heavy atom. The average molecular weight is 230 g/mol. The second kappa shape index (κ2) is 6.60. The highest BCUT2D eigenvalue weighted by Crippen LogP contribution is 2.02. The number of carboxylic acid groups (broad SMARTS) is 1. The molecule has 0 rings (SSSR count). The molecule has 0 saturated heterocycles. The van der Waals surface area contributed by atoms with E-state index in [4.69, 9.17) is 5.11 Å². The van der Waals surface area contributed by atoms with E-state index in [9.17, 15) is 14.4 Å². The summed E-state index contributed by atoms with van der Waals surface area (Å²) < 4.78 is 9.30. The Labute approximate surface area is 92.8 Å². The van der Waals surface area contributed by atoms with Crippen molar-refractivity contribution in [2.24, 2.45) is 0 Å². The largest absolute Gasteiger partial charge is 0.481 e. The molecule has 90 valence electrons. The molecule has 1 unspecified atom stereocenters. The highest BCUT2D eigenvalue weighted by Gasteiger charge is 2.15. The second-order valence-electron chi connectivity index (χ2n) is 3.14. The van der Waals surface area contributed by atoms with Crippen molar-refractivity contribution in [1.29, 1.82) is 0 Å². The van der Waals surface area contributed by atoms with Gasteiger partial charge in [-0.05, 0) is 6.92 Å². The maximum Gasteiger partial charge on any atom is 0.336 e. The van der Waals surface area contributed by atoms with Crippen molar-refractivity contribution in [3.63, 3.8) is 0 Å². The van der Waals surface area contributed by atoms with Crippen LogP contribution in [0.4, 0.5) is 0 Å². The molecule has 0 bridgehead atoms. The molecule has 0 aliphatic rings. The Morgan fingerprint density at radius 2 is 1.81 bits per heavy atom. The Bertz CT molecular complexity index is 306. The lowest BCUT2D eigenvalue weighted by molar-refractivity contribution is -0.182. The molecule has 0 aliphatic heterocycles. The first-order valence-corrected chi connectivity index (χ1v) is 4.60. The summed E-state index contributed by atoms with van der Waals surface area (Å²) in [6.45, 7) is 6.17. The van der Waals surface area contributed by atoms with Gasteiger partial charge >= 0.3 is 17.9 Å². The van der Waals surface area contributed by atoms with E-state index < -0.39 is 24.2 Å². The van der Waals surface area contributed by atoms with E-state index in [1.165, 1.54) is 13.8 Å². The van der Waals surface area contributed by atoms with E-state index in [2.05, 4.69) is 16.1 Å². The number of carboxylic acids is 1. The number of rotatable bonds is 6. The number of aliphatic carboxylic acids is 1. The molecule has 0 radical (unpaired) electrons. The molecule has 0 amide bonds. The SMILES string of the molecule is C=C(C)C(=O)OC(C)OC(=O)CCC(=O)O. The fourth-order valence-electron chi connectivity index (χ4n) is 0.728. The predicted molar refractivity (Wildman–Crippen MR) is 53.3 cm³/mol. The first-order valence-electron chi connectivity index (χ1n) is 4.60. The number of ether oxygens (including phenoxy) is 2. The monoisotopic (exact) mass is 230 g/mol. The van der Waals surface area contributed by atoms with Crippen LogP contribution in [0.3, 0.4) is 0 Å². The van der Waals surface area contributed by atoms with Gasteiger partial charge in [0.15, 0.2) is 0 Å². The van der Waals surface area contributed by atoms with Gasteiger partial charge in [-0.15, -0.1) is 0 Å². The van der Waals surface area contributed by atoms with Gasteiger partial charge in [0.25, 0.3) is 0 Å². The highest BCUT2D eigenvalue weighted by molar-refractivity contribution is 5.87. The van der Waals surface area contributed by atoms with Crippen LogP contribution in [0.1, 0.15) is 26.7 Å². The lowest BCUT2D eigenvalue weighted by atomic mass is 10.3. The van der Waals surface area contributed by atoms with Crippen LogP contribution < -0.4 is 0 Å². The summed E-state index contributed by atoms with van der Waals surface area (Å²) in [6.07, 6.45) is -1.63. The predicted octanol–water partition coefficient (Wildman–Crippen LogP) is 0.860. The summed E-state index contributed by atoms with van der Waals surface area (Å²) in [4.78, 5) is 32.2. The lowest BCUT2D eigenvalue weighted by Gasteiger charge is -2.13. The summed E-state index contributed by atoms with van der Waals surface area (Å²) in [5.74, 6) is -2.49. The fraction of sp³-hybridized carbons (Fsp3) is 0.500. The third kappa shape index (κ3) is 6.58. The molecular weight excluding hydrogens is 216 g/mol. The maximum absolute atomic E-state index is 11.0. The van der Waals surface area contributed by atoms with Gasteiger partial charge < -0.3 is 14.6 Å². The number of hydrogen-bond acceptors (Lipinski definition) is 5. The van der Waals surface area contributed by atoms with Gasteiger partial charge in [0, 0.05) is 12.5 Å². The second-order valence-corrected chi connectivity index (χ2v) is 3.14. The normalized spacial score (nSPS) is 11.4. The van der Waals surface area contributed by atoms with Crippen molar-refractivity contribution >= 4 is 17.9 Å². The zero-order valence-corrected chi connectivity index (χ0v) is 9.19. The molecule has 0 aliphatic carbocycles. The molecular formula is C10H14O6. The number of carbonyl (C=O) groups excluding carboxylic acids is 2. The Balaban J connectivity index is 3.91. The topological polar surface area (TPSA) is 89.9 Å². The quantitative estimate of drug-likeness (QED) is 0.413. The molecule has 6 heteroatoms. The van der Waals surface area contributed by atoms with Crippen LogP contribution >= 0.6 is 0 Å². The van der Waals surface area contributed by atoms with E-state index in [1.807, 2.05) is 0 Å². The van der Waals surface area contributed by atoms with Gasteiger partial charge in [0.1, 0.15) is 0 Å². The van der Waals surface area contributed by atoms with Crippen LogP contribution in [0.2, 0.25) is 0 Å². The third-order valence-electron chi connectivity index (χ3n) is 1.46. The van der Waals surface area contributed by atoms with Gasteiger partial charge in [-0.1, -0.05) is 6.58 Å². The van der Waals surface area contributed by atoms with Crippen molar-refractivity contribution in [1.82, 2.24) is 0 Å². The maximum atomic E-state index is 11.0. The van der Waals surface area contributed by atoms with Crippen LogP contribution in [0.15, 0.2) is 12.2 Å². The average Bonchev–Trinajstić information content (AvgIpc) is 2.14. The molecule has 6 nitrogen and oxygen atoms in total. The van der Waals surface area contributed by atoms with E-state index in [0.717, 1.165) is 0 Å². The minimum absolute atomic E-state index is 0.188. The summed E-state index contributed by atoms with van der Waals surface area (Å²) in [7, 11) is 0. The Kier molecular flexibility index (Phi) is 5.84. The van der Waals surface area contributed by atoms with Gasteiger partial charge in [0.2, 0.25) is 6.29 Å². The highest BCUT2D eigenvalue weighted by atomic mass is 16.7. The number of hydrogen-bond donors (Lipinski definition) is 1. The zero-order chi connectivity index (χ0) is 12.7. The first kappa shape index (κ1) is 14.2. The Hall–Kier alpha value is -1.85. The number of esters is 2. The smallest absolute Gasteiger partial charge is 0.336 e. The van der Waals surface area contributed by atoms with Crippen LogP contribution in [-0.2, 0) is 23.9 Å². The van der Waals surface area contributed by atoms with Gasteiger partial charge in [-0.2, -0.15) is 0 Å². The standard InChI is InChI=1S/C10H14O6/c1-6(2)10(14)16-7(3)15-9(13)5-4-8(11)12/h7H,1,4-5H2,2-3H3,(H,11,12). The lowest BCUT2D eigenvalue weighted by Crippen LogP contribution is -2.22. The molecule has 1 atom stereocenters. The number of carbonyl (C=O) groups is 3. The summed E-state index contributed by atoms with van der Waals surface area (Å²) in [5, 5.41) is 8.31. The Morgan fingerprint density at radius 1 is 1.25 bits per heavy atom. The van der Waals surface area contributed by atoms with Crippen LogP contribution in [0.25, 0.3) is 0 Å². The molecule has 0 aromatic carbocycles. The minimum Gasteiger partial charge on any atom is -0.481 e. The van der Waals surface area contributed by atoms with Crippen LogP contribution in [0, 0.1) is 0 Å². The molecule has 1 N–H and O–H groups in total. The molecule has 0 spiro atoms. The van der Waals surface area contributed by atoms with Crippen molar-refractivity contribution in [2.45, 2.75) is 33.0 Å². The van der Waals surface area contributed by atoms with Crippen molar-refractivity contribution in [3.8, 4) is 0 Å². The first-order chi connectivity index (χ1) is 7.32.